The Kier molecular flexibility index (Phi) is 1.78. The predicted octanol–water partition coefficient (Wildman–Crippen LogP) is 5.36. The number of aryl methyl sites for hydroxylation is 1. The maximum absolute atomic E-state index is 2.30. The highest BCUT2D eigenvalue weighted by Gasteiger charge is 2.20. The lowest BCUT2D eigenvalue weighted by Gasteiger charge is -2.11. The fourth-order valence-electron chi connectivity index (χ4n) is 3.95. The zero-order valence-corrected chi connectivity index (χ0v) is 11.4. The standard InChI is InChI=1S/C20H14/c1-12-15-7-2-3-8-16(15)17-10-9-13-5-4-6-14-11-18(12)20(17)19(13)14/h2-10H,11H2,1H3. The predicted molar refractivity (Wildman–Crippen MR) is 86.5 cm³/mol. The second-order valence-electron chi connectivity index (χ2n) is 5.83. The van der Waals surface area contributed by atoms with E-state index in [2.05, 4.69) is 61.5 Å². The summed E-state index contributed by atoms with van der Waals surface area (Å²) in [5.41, 5.74) is 4.48. The second kappa shape index (κ2) is 3.40. The molecule has 0 saturated heterocycles. The van der Waals surface area contributed by atoms with E-state index in [0.29, 0.717) is 0 Å². The van der Waals surface area contributed by atoms with Crippen LogP contribution >= 0.6 is 0 Å². The number of fused-ring (bicyclic) bond motifs is 2. The molecule has 0 spiro atoms. The van der Waals surface area contributed by atoms with Crippen LogP contribution in [0.25, 0.3) is 32.3 Å². The highest BCUT2D eigenvalue weighted by Crippen LogP contribution is 2.43. The van der Waals surface area contributed by atoms with Gasteiger partial charge in [-0.15, -0.1) is 0 Å². The molecule has 1 aliphatic rings. The number of hydrogen-bond donors (Lipinski definition) is 0. The van der Waals surface area contributed by atoms with Crippen molar-refractivity contribution >= 4 is 32.3 Å². The van der Waals surface area contributed by atoms with Crippen LogP contribution in [0.5, 0.6) is 0 Å². The third kappa shape index (κ3) is 1.09. The van der Waals surface area contributed by atoms with Gasteiger partial charge < -0.3 is 0 Å². The van der Waals surface area contributed by atoms with E-state index in [1.54, 1.807) is 0 Å². The molecule has 0 radical (unpaired) electrons. The van der Waals surface area contributed by atoms with Gasteiger partial charge >= 0.3 is 0 Å². The topological polar surface area (TPSA) is 0 Å². The normalized spacial score (nSPS) is 13.1. The van der Waals surface area contributed by atoms with Crippen LogP contribution in [0.3, 0.4) is 0 Å². The third-order valence-electron chi connectivity index (χ3n) is 4.87. The summed E-state index contributed by atoms with van der Waals surface area (Å²) in [7, 11) is 0. The Labute approximate surface area is 117 Å². The van der Waals surface area contributed by atoms with Crippen LogP contribution in [-0.4, -0.2) is 0 Å². The molecule has 0 aromatic heterocycles. The van der Waals surface area contributed by atoms with Crippen LogP contribution in [0.1, 0.15) is 16.7 Å². The molecule has 94 valence electrons. The second-order valence-corrected chi connectivity index (χ2v) is 5.83. The van der Waals surface area contributed by atoms with Crippen LogP contribution in [0.15, 0.2) is 54.6 Å². The molecule has 0 amide bonds. The molecule has 0 nitrogen and oxygen atoms in total. The molecule has 0 N–H and O–H groups in total. The molecule has 0 bridgehead atoms. The van der Waals surface area contributed by atoms with Gasteiger partial charge in [0.05, 0.1) is 0 Å². The Hall–Kier alpha value is -2.34. The highest BCUT2D eigenvalue weighted by atomic mass is 14.2. The lowest BCUT2D eigenvalue weighted by molar-refractivity contribution is 1.24. The molecule has 0 atom stereocenters. The van der Waals surface area contributed by atoms with E-state index in [1.165, 1.54) is 49.0 Å². The van der Waals surface area contributed by atoms with Crippen LogP contribution in [-0.2, 0) is 6.42 Å². The van der Waals surface area contributed by atoms with Crippen molar-refractivity contribution in [3.05, 3.63) is 71.3 Å². The molecule has 0 aliphatic heterocycles. The molecular weight excluding hydrogens is 240 g/mol. The number of hydrogen-bond acceptors (Lipinski definition) is 0. The van der Waals surface area contributed by atoms with Crippen molar-refractivity contribution in [1.82, 2.24) is 0 Å². The van der Waals surface area contributed by atoms with Crippen molar-refractivity contribution < 1.29 is 0 Å². The minimum absolute atomic E-state index is 1.09. The van der Waals surface area contributed by atoms with Gasteiger partial charge in [-0.05, 0) is 62.4 Å². The quantitative estimate of drug-likeness (QED) is 0.326. The molecule has 1 aliphatic carbocycles. The summed E-state index contributed by atoms with van der Waals surface area (Å²) in [6.07, 6.45) is 1.09. The molecule has 0 heteroatoms. The van der Waals surface area contributed by atoms with Gasteiger partial charge in [-0.25, -0.2) is 0 Å². The maximum Gasteiger partial charge on any atom is -0.00102 e. The summed E-state index contributed by atoms with van der Waals surface area (Å²) >= 11 is 0. The van der Waals surface area contributed by atoms with E-state index in [1.807, 2.05) is 0 Å². The molecule has 0 unspecified atom stereocenters. The number of rotatable bonds is 0. The molecule has 4 aromatic carbocycles. The van der Waals surface area contributed by atoms with E-state index < -0.39 is 0 Å². The molecular formula is C20H14. The zero-order chi connectivity index (χ0) is 13.3. The smallest absolute Gasteiger partial charge is 0.00102 e. The molecule has 0 fully saturated rings. The lowest BCUT2D eigenvalue weighted by atomic mass is 9.92. The molecule has 5 rings (SSSR count). The Morgan fingerprint density at radius 1 is 0.700 bits per heavy atom. The van der Waals surface area contributed by atoms with Gasteiger partial charge in [0, 0.05) is 0 Å². The SMILES string of the molecule is Cc1c2c3c(ccc4cccc(c43)C2)c2ccccc12. The van der Waals surface area contributed by atoms with Crippen molar-refractivity contribution in [3.8, 4) is 0 Å². The van der Waals surface area contributed by atoms with Gasteiger partial charge in [0.25, 0.3) is 0 Å². The Morgan fingerprint density at radius 3 is 2.45 bits per heavy atom. The third-order valence-corrected chi connectivity index (χ3v) is 4.87. The van der Waals surface area contributed by atoms with Crippen LogP contribution in [0, 0.1) is 6.92 Å². The summed E-state index contributed by atoms with van der Waals surface area (Å²) in [5, 5.41) is 8.56. The van der Waals surface area contributed by atoms with Gasteiger partial charge in [0.1, 0.15) is 0 Å². The summed E-state index contributed by atoms with van der Waals surface area (Å²) < 4.78 is 0. The van der Waals surface area contributed by atoms with E-state index in [9.17, 15) is 0 Å². The van der Waals surface area contributed by atoms with Crippen molar-refractivity contribution in [1.29, 1.82) is 0 Å². The first-order valence-electron chi connectivity index (χ1n) is 7.19. The first kappa shape index (κ1) is 10.4. The first-order valence-corrected chi connectivity index (χ1v) is 7.19. The van der Waals surface area contributed by atoms with E-state index in [-0.39, 0.29) is 0 Å². The largest absolute Gasteiger partial charge is 0.0616 e. The van der Waals surface area contributed by atoms with Crippen LogP contribution in [0.2, 0.25) is 0 Å². The Bertz CT molecular complexity index is 1020. The Balaban J connectivity index is 2.19. The van der Waals surface area contributed by atoms with Crippen LogP contribution < -0.4 is 0 Å². The fraction of sp³-hybridized carbons (Fsp3) is 0.100. The molecule has 4 aromatic rings. The van der Waals surface area contributed by atoms with Crippen molar-refractivity contribution in [2.24, 2.45) is 0 Å². The zero-order valence-electron chi connectivity index (χ0n) is 11.4. The molecule has 0 heterocycles. The number of benzene rings is 4. The fourth-order valence-corrected chi connectivity index (χ4v) is 3.95. The lowest BCUT2D eigenvalue weighted by Crippen LogP contribution is -1.89. The minimum atomic E-state index is 1.09. The highest BCUT2D eigenvalue weighted by molar-refractivity contribution is 6.22. The average Bonchev–Trinajstić information content (AvgIpc) is 2.89. The van der Waals surface area contributed by atoms with Gasteiger partial charge in [-0.2, -0.15) is 0 Å². The summed E-state index contributed by atoms with van der Waals surface area (Å²) in [6, 6.07) is 20.1. The van der Waals surface area contributed by atoms with Gasteiger partial charge in [-0.3, -0.25) is 0 Å². The molecule has 20 heavy (non-hydrogen) atoms. The monoisotopic (exact) mass is 254 g/mol. The molecule has 0 saturated carbocycles. The van der Waals surface area contributed by atoms with Crippen molar-refractivity contribution in [2.45, 2.75) is 13.3 Å². The van der Waals surface area contributed by atoms with E-state index >= 15 is 0 Å². The van der Waals surface area contributed by atoms with Crippen LogP contribution in [0.4, 0.5) is 0 Å². The first-order chi connectivity index (χ1) is 9.84. The van der Waals surface area contributed by atoms with Crippen molar-refractivity contribution in [2.75, 3.05) is 0 Å². The minimum Gasteiger partial charge on any atom is -0.0616 e. The summed E-state index contributed by atoms with van der Waals surface area (Å²) in [6.45, 7) is 2.28. The van der Waals surface area contributed by atoms with Gasteiger partial charge in [0.2, 0.25) is 0 Å². The maximum atomic E-state index is 2.30. The van der Waals surface area contributed by atoms with E-state index in [0.717, 1.165) is 6.42 Å². The summed E-state index contributed by atoms with van der Waals surface area (Å²) in [5.74, 6) is 0. The van der Waals surface area contributed by atoms with E-state index in [4.69, 9.17) is 0 Å². The van der Waals surface area contributed by atoms with Gasteiger partial charge in [0.15, 0.2) is 0 Å². The van der Waals surface area contributed by atoms with Crippen molar-refractivity contribution in [3.63, 3.8) is 0 Å². The average molecular weight is 254 g/mol. The Morgan fingerprint density at radius 2 is 1.55 bits per heavy atom. The van der Waals surface area contributed by atoms with Gasteiger partial charge in [-0.1, -0.05) is 54.6 Å². The summed E-state index contributed by atoms with van der Waals surface area (Å²) in [4.78, 5) is 0.